The third-order valence-corrected chi connectivity index (χ3v) is 5.50. The quantitative estimate of drug-likeness (QED) is 0.645. The summed E-state index contributed by atoms with van der Waals surface area (Å²) >= 11 is 2.84. The number of nitrogens with zero attached hydrogens (tertiary/aromatic N) is 3. The van der Waals surface area contributed by atoms with Crippen molar-refractivity contribution in [3.63, 3.8) is 0 Å². The summed E-state index contributed by atoms with van der Waals surface area (Å²) in [5.74, 6) is -0.258. The van der Waals surface area contributed by atoms with Crippen LogP contribution in [0.4, 0.5) is 5.13 Å². The first-order chi connectivity index (χ1) is 10.5. The van der Waals surface area contributed by atoms with Gasteiger partial charge in [0.05, 0.1) is 5.88 Å². The van der Waals surface area contributed by atoms with Crippen LogP contribution in [0.3, 0.4) is 0 Å². The van der Waals surface area contributed by atoms with Crippen LogP contribution in [-0.4, -0.2) is 50.3 Å². The number of aryl methyl sites for hydroxylation is 1. The molecule has 2 heterocycles. The maximum Gasteiger partial charge on any atom is 0.249 e. The van der Waals surface area contributed by atoms with Gasteiger partial charge in [0.2, 0.25) is 17.9 Å². The smallest absolute Gasteiger partial charge is 0.249 e. The highest BCUT2D eigenvalue weighted by molar-refractivity contribution is 7.99. The Kier molecular flexibility index (Phi) is 4.04. The fraction of sp³-hybridized carbons (Fsp3) is 0.583. The Hall–Kier alpha value is -1.68. The normalized spacial score (nSPS) is 26.8. The van der Waals surface area contributed by atoms with Gasteiger partial charge in [-0.1, -0.05) is 0 Å². The number of hydrogen-bond acceptors (Lipinski definition) is 7. The zero-order valence-electron chi connectivity index (χ0n) is 11.7. The van der Waals surface area contributed by atoms with Gasteiger partial charge in [-0.3, -0.25) is 19.7 Å². The second-order valence-electron chi connectivity index (χ2n) is 5.28. The molecule has 2 amide bonds. The molecule has 1 aliphatic carbocycles. The number of carbonyl (C=O) groups is 2. The van der Waals surface area contributed by atoms with Crippen LogP contribution < -0.4 is 5.32 Å². The molecule has 10 heteroatoms. The molecule has 1 aromatic heterocycles. The number of rotatable bonds is 4. The Morgan fingerprint density at radius 1 is 1.55 bits per heavy atom. The van der Waals surface area contributed by atoms with E-state index in [4.69, 9.17) is 0 Å². The second-order valence-corrected chi connectivity index (χ2v) is 7.52. The van der Waals surface area contributed by atoms with E-state index >= 15 is 0 Å². The van der Waals surface area contributed by atoms with E-state index in [1.807, 2.05) is 6.92 Å². The van der Waals surface area contributed by atoms with Crippen LogP contribution >= 0.6 is 23.1 Å². The molecular weight excluding hydrogens is 328 g/mol. The maximum atomic E-state index is 12.3. The molecule has 118 valence electrons. The lowest BCUT2D eigenvalue weighted by atomic mass is 10.2. The van der Waals surface area contributed by atoms with E-state index in [0.29, 0.717) is 16.8 Å². The Morgan fingerprint density at radius 2 is 2.32 bits per heavy atom. The molecule has 1 N–H and O–H groups in total. The molecule has 1 saturated heterocycles. The minimum atomic E-state index is -0.788. The van der Waals surface area contributed by atoms with Gasteiger partial charge in [0, 0.05) is 28.2 Å². The van der Waals surface area contributed by atoms with Crippen molar-refractivity contribution in [2.45, 2.75) is 25.4 Å². The van der Waals surface area contributed by atoms with Gasteiger partial charge >= 0.3 is 0 Å². The monoisotopic (exact) mass is 342 g/mol. The minimum Gasteiger partial charge on any atom is -0.320 e. The standard InChI is InChI=1S/C12H14N4O4S2/c1-6-3-13-12(22-6)14-10(17)9-4-21-5-15(9)11(18)7-2-8(7)16(19)20/h3,7-9H,2,4-5H2,1H3,(H,13,14,17)/t7-,8-,9+/m1/s1. The van der Waals surface area contributed by atoms with Crippen molar-refractivity contribution in [2.24, 2.45) is 5.92 Å². The number of thioether (sulfide) groups is 1. The molecule has 0 radical (unpaired) electrons. The number of nitro groups is 1. The van der Waals surface area contributed by atoms with Crippen molar-refractivity contribution < 1.29 is 14.5 Å². The third kappa shape index (κ3) is 2.93. The fourth-order valence-electron chi connectivity index (χ4n) is 2.37. The fourth-order valence-corrected chi connectivity index (χ4v) is 4.20. The van der Waals surface area contributed by atoms with Gasteiger partial charge in [0.15, 0.2) is 5.13 Å². The lowest BCUT2D eigenvalue weighted by molar-refractivity contribution is -0.497. The van der Waals surface area contributed by atoms with E-state index in [1.54, 1.807) is 6.20 Å². The third-order valence-electron chi connectivity index (χ3n) is 3.66. The summed E-state index contributed by atoms with van der Waals surface area (Å²) in [6.45, 7) is 1.89. The Bertz CT molecular complexity index is 634. The zero-order valence-corrected chi connectivity index (χ0v) is 13.4. The number of anilines is 1. The molecule has 2 aliphatic rings. The van der Waals surface area contributed by atoms with Gasteiger partial charge in [-0.05, 0) is 6.92 Å². The van der Waals surface area contributed by atoms with Crippen LogP contribution in [0.5, 0.6) is 0 Å². The molecular formula is C12H14N4O4S2. The van der Waals surface area contributed by atoms with E-state index in [-0.39, 0.29) is 18.2 Å². The van der Waals surface area contributed by atoms with Gasteiger partial charge in [-0.2, -0.15) is 0 Å². The molecule has 2 fully saturated rings. The average molecular weight is 342 g/mol. The molecule has 1 saturated carbocycles. The van der Waals surface area contributed by atoms with E-state index < -0.39 is 22.9 Å². The predicted octanol–water partition coefficient (Wildman–Crippen LogP) is 0.957. The average Bonchev–Trinajstić information content (AvgIpc) is 2.94. The van der Waals surface area contributed by atoms with Crippen LogP contribution in [0.25, 0.3) is 0 Å². The molecule has 22 heavy (non-hydrogen) atoms. The highest BCUT2D eigenvalue weighted by atomic mass is 32.2. The molecule has 0 unspecified atom stereocenters. The molecule has 0 aromatic carbocycles. The van der Waals surface area contributed by atoms with Crippen molar-refractivity contribution in [2.75, 3.05) is 16.9 Å². The van der Waals surface area contributed by atoms with Crippen LogP contribution in [-0.2, 0) is 9.59 Å². The largest absolute Gasteiger partial charge is 0.320 e. The van der Waals surface area contributed by atoms with Crippen LogP contribution in [0.2, 0.25) is 0 Å². The Balaban J connectivity index is 1.64. The zero-order chi connectivity index (χ0) is 15.9. The van der Waals surface area contributed by atoms with Crippen molar-refractivity contribution in [1.82, 2.24) is 9.88 Å². The van der Waals surface area contributed by atoms with E-state index in [0.717, 1.165) is 4.88 Å². The first-order valence-electron chi connectivity index (χ1n) is 6.72. The molecule has 1 aromatic rings. The van der Waals surface area contributed by atoms with Gasteiger partial charge in [-0.15, -0.1) is 23.1 Å². The SMILES string of the molecule is Cc1cnc(NC(=O)[C@@H]2CSCN2C(=O)[C@@H]2C[C@H]2[N+](=O)[O-])s1. The van der Waals surface area contributed by atoms with E-state index in [9.17, 15) is 19.7 Å². The maximum absolute atomic E-state index is 12.3. The summed E-state index contributed by atoms with van der Waals surface area (Å²) in [5.41, 5.74) is 0. The molecule has 1 aliphatic heterocycles. The number of thiazole rings is 1. The van der Waals surface area contributed by atoms with Crippen LogP contribution in [0.1, 0.15) is 11.3 Å². The van der Waals surface area contributed by atoms with Crippen molar-refractivity contribution >= 4 is 40.0 Å². The van der Waals surface area contributed by atoms with Crippen LogP contribution in [0, 0.1) is 23.0 Å². The molecule has 3 rings (SSSR count). The first kappa shape index (κ1) is 15.2. The van der Waals surface area contributed by atoms with Crippen molar-refractivity contribution in [3.8, 4) is 0 Å². The summed E-state index contributed by atoms with van der Waals surface area (Å²) in [7, 11) is 0. The number of nitrogens with one attached hydrogen (secondary N) is 1. The van der Waals surface area contributed by atoms with Crippen molar-refractivity contribution in [3.05, 3.63) is 21.2 Å². The van der Waals surface area contributed by atoms with Gasteiger partial charge in [0.25, 0.3) is 0 Å². The molecule has 8 nitrogen and oxygen atoms in total. The van der Waals surface area contributed by atoms with Gasteiger partial charge in [0.1, 0.15) is 12.0 Å². The molecule has 0 bridgehead atoms. The number of hydrogen-bond donors (Lipinski definition) is 1. The summed E-state index contributed by atoms with van der Waals surface area (Å²) in [5, 5.41) is 13.9. The highest BCUT2D eigenvalue weighted by Crippen LogP contribution is 2.37. The molecule has 0 spiro atoms. The molecule has 3 atom stereocenters. The van der Waals surface area contributed by atoms with Gasteiger partial charge in [-0.25, -0.2) is 4.98 Å². The second kappa shape index (κ2) is 5.84. The van der Waals surface area contributed by atoms with E-state index in [1.165, 1.54) is 28.0 Å². The summed E-state index contributed by atoms with van der Waals surface area (Å²) in [6, 6.07) is -1.38. The number of carbonyl (C=O) groups excluding carboxylic acids is 2. The number of aromatic nitrogens is 1. The van der Waals surface area contributed by atoms with Gasteiger partial charge < -0.3 is 10.2 Å². The first-order valence-corrected chi connectivity index (χ1v) is 8.69. The lowest BCUT2D eigenvalue weighted by Gasteiger charge is -2.22. The summed E-state index contributed by atoms with van der Waals surface area (Å²) in [6.07, 6.45) is 1.94. The minimum absolute atomic E-state index is 0.271. The Morgan fingerprint density at radius 3 is 2.91 bits per heavy atom. The van der Waals surface area contributed by atoms with Crippen LogP contribution in [0.15, 0.2) is 6.20 Å². The lowest BCUT2D eigenvalue weighted by Crippen LogP contribution is -2.45. The Labute approximate surface area is 134 Å². The summed E-state index contributed by atoms with van der Waals surface area (Å²) in [4.78, 5) is 41.4. The van der Waals surface area contributed by atoms with E-state index in [2.05, 4.69) is 10.3 Å². The summed E-state index contributed by atoms with van der Waals surface area (Å²) < 4.78 is 0. The predicted molar refractivity (Wildman–Crippen MR) is 82.3 cm³/mol. The van der Waals surface area contributed by atoms with Crippen molar-refractivity contribution in [1.29, 1.82) is 0 Å². The highest BCUT2D eigenvalue weighted by Gasteiger charge is 2.56. The number of amides is 2. The topological polar surface area (TPSA) is 105 Å².